The van der Waals surface area contributed by atoms with E-state index in [-0.39, 0.29) is 24.3 Å². The van der Waals surface area contributed by atoms with Gasteiger partial charge in [0.2, 0.25) is 0 Å². The number of morpholine rings is 1. The summed E-state index contributed by atoms with van der Waals surface area (Å²) in [4.78, 5) is 25.2. The molecule has 120 valence electrons. The Hall–Kier alpha value is -1.83. The molecular formula is C14H19ClN4O3. The quantitative estimate of drug-likeness (QED) is 0.758. The minimum Gasteiger partial charge on any atom is -0.366 e. The molecule has 1 aromatic carbocycles. The molecule has 0 radical (unpaired) electrons. The Morgan fingerprint density at radius 3 is 2.64 bits per heavy atom. The van der Waals surface area contributed by atoms with Crippen molar-refractivity contribution in [3.8, 4) is 0 Å². The molecule has 7 nitrogen and oxygen atoms in total. The van der Waals surface area contributed by atoms with Crippen LogP contribution in [-0.4, -0.2) is 50.8 Å². The first-order valence-corrected chi connectivity index (χ1v) is 7.03. The minimum absolute atomic E-state index is 0. The highest BCUT2D eigenvalue weighted by Gasteiger charge is 2.23. The number of nitrogens with one attached hydrogen (secondary N) is 3. The number of urea groups is 1. The van der Waals surface area contributed by atoms with E-state index in [4.69, 9.17) is 4.74 Å². The van der Waals surface area contributed by atoms with E-state index in [1.54, 1.807) is 17.0 Å². The normalized spacial score (nSPS) is 21.0. The third-order valence-corrected chi connectivity index (χ3v) is 3.52. The van der Waals surface area contributed by atoms with Gasteiger partial charge < -0.3 is 20.7 Å². The van der Waals surface area contributed by atoms with Crippen molar-refractivity contribution in [2.24, 2.45) is 0 Å². The smallest absolute Gasteiger partial charge is 0.321 e. The van der Waals surface area contributed by atoms with Gasteiger partial charge in [-0.25, -0.2) is 4.79 Å². The van der Waals surface area contributed by atoms with Crippen molar-refractivity contribution in [3.05, 3.63) is 24.3 Å². The van der Waals surface area contributed by atoms with Crippen molar-refractivity contribution in [2.45, 2.75) is 6.10 Å². The predicted molar refractivity (Wildman–Crippen MR) is 85.7 cm³/mol. The van der Waals surface area contributed by atoms with Gasteiger partial charge in [-0.15, -0.1) is 12.4 Å². The van der Waals surface area contributed by atoms with Crippen molar-refractivity contribution in [1.82, 2.24) is 10.6 Å². The second kappa shape index (κ2) is 7.44. The van der Waals surface area contributed by atoms with Crippen molar-refractivity contribution in [1.29, 1.82) is 0 Å². The zero-order valence-electron chi connectivity index (χ0n) is 12.0. The molecule has 1 atom stereocenters. The fourth-order valence-corrected chi connectivity index (χ4v) is 2.40. The lowest BCUT2D eigenvalue weighted by molar-refractivity contribution is -0.128. The molecular weight excluding hydrogens is 308 g/mol. The summed E-state index contributed by atoms with van der Waals surface area (Å²) in [6.45, 7) is 3.16. The molecule has 2 saturated heterocycles. The first kappa shape index (κ1) is 16.5. The molecule has 1 unspecified atom stereocenters. The van der Waals surface area contributed by atoms with Crippen LogP contribution in [0.25, 0.3) is 0 Å². The maximum atomic E-state index is 12.0. The van der Waals surface area contributed by atoms with E-state index in [1.165, 1.54) is 0 Å². The molecule has 0 aromatic heterocycles. The van der Waals surface area contributed by atoms with E-state index < -0.39 is 6.10 Å². The molecule has 0 saturated carbocycles. The monoisotopic (exact) mass is 326 g/mol. The summed E-state index contributed by atoms with van der Waals surface area (Å²) >= 11 is 0. The topological polar surface area (TPSA) is 82.7 Å². The molecule has 2 aliphatic heterocycles. The molecule has 0 spiro atoms. The Kier molecular flexibility index (Phi) is 5.59. The summed E-state index contributed by atoms with van der Waals surface area (Å²) in [5, 5.41) is 8.68. The SMILES string of the molecule is Cl.O=C(Nc1ccc(N2CCNC2=O)cc1)C1CNCCO1. The molecule has 2 aliphatic rings. The number of hydrogen-bond donors (Lipinski definition) is 3. The van der Waals surface area contributed by atoms with Crippen LogP contribution in [0.5, 0.6) is 0 Å². The van der Waals surface area contributed by atoms with Crippen LogP contribution in [0.1, 0.15) is 0 Å². The summed E-state index contributed by atoms with van der Waals surface area (Å²) in [6.07, 6.45) is -0.456. The van der Waals surface area contributed by atoms with E-state index in [0.717, 1.165) is 12.2 Å². The number of hydrogen-bond acceptors (Lipinski definition) is 4. The second-order valence-corrected chi connectivity index (χ2v) is 4.98. The van der Waals surface area contributed by atoms with Gasteiger partial charge in [0.1, 0.15) is 6.10 Å². The number of carbonyl (C=O) groups excluding carboxylic acids is 2. The van der Waals surface area contributed by atoms with Crippen LogP contribution in [0.4, 0.5) is 16.2 Å². The van der Waals surface area contributed by atoms with E-state index >= 15 is 0 Å². The van der Waals surface area contributed by atoms with Crippen molar-refractivity contribution in [3.63, 3.8) is 0 Å². The van der Waals surface area contributed by atoms with Gasteiger partial charge in [-0.1, -0.05) is 0 Å². The molecule has 2 heterocycles. The number of halogens is 1. The van der Waals surface area contributed by atoms with Gasteiger partial charge in [0.15, 0.2) is 0 Å². The largest absolute Gasteiger partial charge is 0.366 e. The van der Waals surface area contributed by atoms with Crippen LogP contribution in [-0.2, 0) is 9.53 Å². The highest BCUT2D eigenvalue weighted by atomic mass is 35.5. The molecule has 8 heteroatoms. The van der Waals surface area contributed by atoms with Crippen LogP contribution in [0, 0.1) is 0 Å². The van der Waals surface area contributed by atoms with Gasteiger partial charge in [0.25, 0.3) is 5.91 Å². The van der Waals surface area contributed by atoms with Gasteiger partial charge in [0, 0.05) is 37.6 Å². The number of rotatable bonds is 3. The summed E-state index contributed by atoms with van der Waals surface area (Å²) in [5.41, 5.74) is 1.51. The third-order valence-electron chi connectivity index (χ3n) is 3.52. The molecule has 1 aromatic rings. The van der Waals surface area contributed by atoms with Gasteiger partial charge in [-0.3, -0.25) is 9.69 Å². The van der Waals surface area contributed by atoms with Gasteiger partial charge >= 0.3 is 6.03 Å². The summed E-state index contributed by atoms with van der Waals surface area (Å²) in [7, 11) is 0. The van der Waals surface area contributed by atoms with Crippen molar-refractivity contribution < 1.29 is 14.3 Å². The van der Waals surface area contributed by atoms with Crippen LogP contribution in [0.3, 0.4) is 0 Å². The van der Waals surface area contributed by atoms with Gasteiger partial charge in [0.05, 0.1) is 6.61 Å². The first-order valence-electron chi connectivity index (χ1n) is 7.03. The highest BCUT2D eigenvalue weighted by molar-refractivity contribution is 5.96. The summed E-state index contributed by atoms with van der Waals surface area (Å²) < 4.78 is 5.40. The van der Waals surface area contributed by atoms with Crippen LogP contribution in [0.15, 0.2) is 24.3 Å². The molecule has 2 fully saturated rings. The maximum Gasteiger partial charge on any atom is 0.321 e. The van der Waals surface area contributed by atoms with Crippen molar-refractivity contribution >= 4 is 35.7 Å². The fraction of sp³-hybridized carbons (Fsp3) is 0.429. The Balaban J connectivity index is 0.00000176. The number of amides is 3. The zero-order chi connectivity index (χ0) is 14.7. The van der Waals surface area contributed by atoms with Crippen molar-refractivity contribution in [2.75, 3.05) is 43.0 Å². The fourth-order valence-electron chi connectivity index (χ4n) is 2.40. The van der Waals surface area contributed by atoms with Crippen LogP contribution < -0.4 is 20.9 Å². The van der Waals surface area contributed by atoms with E-state index in [0.29, 0.717) is 31.9 Å². The average molecular weight is 327 g/mol. The van der Waals surface area contributed by atoms with Gasteiger partial charge in [-0.2, -0.15) is 0 Å². The molecule has 0 bridgehead atoms. The zero-order valence-corrected chi connectivity index (χ0v) is 12.8. The number of nitrogens with zero attached hydrogens (tertiary/aromatic N) is 1. The Labute approximate surface area is 134 Å². The van der Waals surface area contributed by atoms with E-state index in [2.05, 4.69) is 16.0 Å². The minimum atomic E-state index is -0.456. The summed E-state index contributed by atoms with van der Waals surface area (Å²) in [6, 6.07) is 7.12. The Bertz CT molecular complexity index is 531. The number of carbonyl (C=O) groups is 2. The lowest BCUT2D eigenvalue weighted by Gasteiger charge is -2.22. The average Bonchev–Trinajstić information content (AvgIpc) is 2.95. The maximum absolute atomic E-state index is 12.0. The standard InChI is InChI=1S/C14H18N4O3.ClH/c19-13(12-9-15-6-8-21-12)17-10-1-3-11(4-2-10)18-7-5-16-14(18)20;/h1-4,12,15H,5-9H2,(H,16,20)(H,17,19);1H. The van der Waals surface area contributed by atoms with E-state index in [9.17, 15) is 9.59 Å². The molecule has 3 N–H and O–H groups in total. The molecule has 3 rings (SSSR count). The Morgan fingerprint density at radius 2 is 2.05 bits per heavy atom. The second-order valence-electron chi connectivity index (χ2n) is 4.98. The predicted octanol–water partition coefficient (Wildman–Crippen LogP) is 0.565. The van der Waals surface area contributed by atoms with Gasteiger partial charge in [-0.05, 0) is 24.3 Å². The number of anilines is 2. The lowest BCUT2D eigenvalue weighted by Crippen LogP contribution is -2.45. The highest BCUT2D eigenvalue weighted by Crippen LogP contribution is 2.19. The van der Waals surface area contributed by atoms with E-state index in [1.807, 2.05) is 12.1 Å². The van der Waals surface area contributed by atoms with Crippen LogP contribution >= 0.6 is 12.4 Å². The lowest BCUT2D eigenvalue weighted by atomic mass is 10.2. The molecule has 0 aliphatic carbocycles. The molecule has 3 amide bonds. The first-order chi connectivity index (χ1) is 10.2. The third kappa shape index (κ3) is 3.68. The summed E-state index contributed by atoms with van der Waals surface area (Å²) in [5.74, 6) is -0.158. The number of ether oxygens (including phenoxy) is 1. The Morgan fingerprint density at radius 1 is 1.27 bits per heavy atom. The number of benzene rings is 1. The molecule has 22 heavy (non-hydrogen) atoms. The van der Waals surface area contributed by atoms with Crippen LogP contribution in [0.2, 0.25) is 0 Å².